The van der Waals surface area contributed by atoms with Crippen LogP contribution in [0.1, 0.15) is 5.56 Å². The lowest BCUT2D eigenvalue weighted by Crippen LogP contribution is -2.04. The van der Waals surface area contributed by atoms with Crippen molar-refractivity contribution in [3.8, 4) is 11.6 Å². The fraction of sp³-hybridized carbons (Fsp3) is 0.0909. The summed E-state index contributed by atoms with van der Waals surface area (Å²) < 4.78 is 42.2. The second-order valence-corrected chi connectivity index (χ2v) is 3.41. The van der Waals surface area contributed by atoms with E-state index in [4.69, 9.17) is 10.5 Å². The lowest BCUT2D eigenvalue weighted by molar-refractivity contribution is -0.137. The zero-order valence-electron chi connectivity index (χ0n) is 8.98. The van der Waals surface area contributed by atoms with Crippen LogP contribution in [-0.4, -0.2) is 9.97 Å². The molecule has 0 saturated heterocycles. The van der Waals surface area contributed by atoms with Gasteiger partial charge in [0.15, 0.2) is 0 Å². The highest BCUT2D eigenvalue weighted by molar-refractivity contribution is 5.33. The van der Waals surface area contributed by atoms with E-state index >= 15 is 0 Å². The zero-order chi connectivity index (χ0) is 13.2. The van der Waals surface area contributed by atoms with Crippen LogP contribution >= 0.6 is 0 Å². The molecule has 1 aromatic heterocycles. The minimum atomic E-state index is -4.37. The maximum Gasteiger partial charge on any atom is 0.416 e. The van der Waals surface area contributed by atoms with Crippen LogP contribution in [0.3, 0.4) is 0 Å². The fourth-order valence-corrected chi connectivity index (χ4v) is 1.24. The molecule has 2 rings (SSSR count). The van der Waals surface area contributed by atoms with Crippen LogP contribution in [0.5, 0.6) is 11.6 Å². The number of alkyl halides is 3. The second-order valence-electron chi connectivity index (χ2n) is 3.41. The molecule has 0 spiro atoms. The molecule has 0 amide bonds. The average molecular weight is 255 g/mol. The summed E-state index contributed by atoms with van der Waals surface area (Å²) in [6.45, 7) is 0. The number of anilines is 1. The largest absolute Gasteiger partial charge is 0.437 e. The van der Waals surface area contributed by atoms with Crippen molar-refractivity contribution in [3.63, 3.8) is 0 Å². The van der Waals surface area contributed by atoms with Gasteiger partial charge in [0, 0.05) is 0 Å². The Balaban J connectivity index is 2.16. The molecule has 0 aliphatic heterocycles. The normalized spacial score (nSPS) is 11.3. The van der Waals surface area contributed by atoms with Gasteiger partial charge in [-0.05, 0) is 24.3 Å². The van der Waals surface area contributed by atoms with Crippen molar-refractivity contribution in [2.45, 2.75) is 6.18 Å². The predicted octanol–water partition coefficient (Wildman–Crippen LogP) is 2.87. The van der Waals surface area contributed by atoms with Crippen molar-refractivity contribution in [1.82, 2.24) is 9.97 Å². The van der Waals surface area contributed by atoms with Gasteiger partial charge in [-0.15, -0.1) is 0 Å². The number of halogens is 3. The number of nitrogens with two attached hydrogens (primary N) is 1. The van der Waals surface area contributed by atoms with Crippen LogP contribution in [-0.2, 0) is 6.18 Å². The Morgan fingerprint density at radius 3 is 2.28 bits per heavy atom. The average Bonchev–Trinajstić information content (AvgIpc) is 2.28. The molecule has 94 valence electrons. The van der Waals surface area contributed by atoms with Crippen LogP contribution in [0.15, 0.2) is 36.7 Å². The minimum Gasteiger partial charge on any atom is -0.437 e. The Kier molecular flexibility index (Phi) is 3.05. The standard InChI is InChI=1S/C11H8F3N3O/c12-11(13,14)7-1-3-8(4-2-7)18-10-6-16-5-9(15)17-10/h1-6H,(H2,15,17). The predicted molar refractivity (Wildman–Crippen MR) is 58.0 cm³/mol. The molecular formula is C11H8F3N3O. The van der Waals surface area contributed by atoms with Gasteiger partial charge in [-0.1, -0.05) is 0 Å². The molecule has 18 heavy (non-hydrogen) atoms. The molecule has 0 aliphatic rings. The molecule has 1 aromatic carbocycles. The molecule has 2 aromatic rings. The summed E-state index contributed by atoms with van der Waals surface area (Å²) >= 11 is 0. The van der Waals surface area contributed by atoms with E-state index in [9.17, 15) is 13.2 Å². The summed E-state index contributed by atoms with van der Waals surface area (Å²) in [6.07, 6.45) is -1.72. The van der Waals surface area contributed by atoms with Gasteiger partial charge in [0.05, 0.1) is 18.0 Å². The number of nitrogen functional groups attached to an aromatic ring is 1. The molecule has 0 atom stereocenters. The minimum absolute atomic E-state index is 0.120. The number of nitrogens with zero attached hydrogens (tertiary/aromatic N) is 2. The van der Waals surface area contributed by atoms with Gasteiger partial charge >= 0.3 is 6.18 Å². The molecule has 0 bridgehead atoms. The third-order valence-electron chi connectivity index (χ3n) is 2.04. The Labute approximate surface area is 100 Å². The highest BCUT2D eigenvalue weighted by atomic mass is 19.4. The summed E-state index contributed by atoms with van der Waals surface area (Å²) in [7, 11) is 0. The van der Waals surface area contributed by atoms with Crippen LogP contribution < -0.4 is 10.5 Å². The van der Waals surface area contributed by atoms with Crippen molar-refractivity contribution < 1.29 is 17.9 Å². The number of hydrogen-bond acceptors (Lipinski definition) is 4. The monoisotopic (exact) mass is 255 g/mol. The number of ether oxygens (including phenoxy) is 1. The maximum atomic E-state index is 12.3. The van der Waals surface area contributed by atoms with Crippen molar-refractivity contribution >= 4 is 5.82 Å². The third kappa shape index (κ3) is 2.88. The first-order valence-corrected chi connectivity index (χ1v) is 4.88. The van der Waals surface area contributed by atoms with Crippen LogP contribution in [0.25, 0.3) is 0 Å². The zero-order valence-corrected chi connectivity index (χ0v) is 8.98. The van der Waals surface area contributed by atoms with Crippen molar-refractivity contribution in [2.75, 3.05) is 5.73 Å². The fourth-order valence-electron chi connectivity index (χ4n) is 1.24. The van der Waals surface area contributed by atoms with E-state index in [2.05, 4.69) is 9.97 Å². The maximum absolute atomic E-state index is 12.3. The van der Waals surface area contributed by atoms with Gasteiger partial charge in [0.25, 0.3) is 0 Å². The first-order chi connectivity index (χ1) is 8.45. The third-order valence-corrected chi connectivity index (χ3v) is 2.04. The van der Waals surface area contributed by atoms with Gasteiger partial charge in [0.2, 0.25) is 5.88 Å². The highest BCUT2D eigenvalue weighted by Gasteiger charge is 2.30. The van der Waals surface area contributed by atoms with Crippen LogP contribution in [0.4, 0.5) is 19.0 Å². The Hall–Kier alpha value is -2.31. The van der Waals surface area contributed by atoms with Gasteiger partial charge in [-0.3, -0.25) is 4.98 Å². The Morgan fingerprint density at radius 2 is 1.72 bits per heavy atom. The first kappa shape index (κ1) is 12.2. The van der Waals surface area contributed by atoms with E-state index in [1.807, 2.05) is 0 Å². The molecule has 0 radical (unpaired) electrons. The second kappa shape index (κ2) is 4.52. The number of aromatic nitrogens is 2. The number of rotatable bonds is 2. The molecule has 4 nitrogen and oxygen atoms in total. The van der Waals surface area contributed by atoms with Gasteiger partial charge in [0.1, 0.15) is 11.6 Å². The summed E-state index contributed by atoms with van der Waals surface area (Å²) in [5.41, 5.74) is 4.65. The molecule has 0 saturated carbocycles. The van der Waals surface area contributed by atoms with Crippen molar-refractivity contribution in [1.29, 1.82) is 0 Å². The van der Waals surface area contributed by atoms with Gasteiger partial charge in [-0.25, -0.2) is 0 Å². The van der Waals surface area contributed by atoms with Crippen molar-refractivity contribution in [2.24, 2.45) is 0 Å². The van der Waals surface area contributed by atoms with Gasteiger partial charge in [-0.2, -0.15) is 18.2 Å². The SMILES string of the molecule is Nc1cncc(Oc2ccc(C(F)(F)F)cc2)n1. The summed E-state index contributed by atoms with van der Waals surface area (Å²) in [4.78, 5) is 7.56. The summed E-state index contributed by atoms with van der Waals surface area (Å²) in [6, 6.07) is 4.26. The molecule has 1 heterocycles. The molecule has 0 fully saturated rings. The number of hydrogen-bond donors (Lipinski definition) is 1. The van der Waals surface area contributed by atoms with Gasteiger partial charge < -0.3 is 10.5 Å². The van der Waals surface area contributed by atoms with E-state index in [0.717, 1.165) is 12.1 Å². The highest BCUT2D eigenvalue weighted by Crippen LogP contribution is 2.31. The lowest BCUT2D eigenvalue weighted by Gasteiger charge is -2.08. The summed E-state index contributed by atoms with van der Waals surface area (Å²) in [5, 5.41) is 0. The Morgan fingerprint density at radius 1 is 1.06 bits per heavy atom. The van der Waals surface area contributed by atoms with Crippen molar-refractivity contribution in [3.05, 3.63) is 42.2 Å². The molecule has 2 N–H and O–H groups in total. The quantitative estimate of drug-likeness (QED) is 0.896. The molecule has 0 unspecified atom stereocenters. The Bertz CT molecular complexity index is 540. The molecule has 0 aliphatic carbocycles. The summed E-state index contributed by atoms with van der Waals surface area (Å²) in [5.74, 6) is 0.511. The topological polar surface area (TPSA) is 61.0 Å². The molecular weight excluding hydrogens is 247 g/mol. The lowest BCUT2D eigenvalue weighted by atomic mass is 10.2. The van der Waals surface area contributed by atoms with E-state index in [0.29, 0.717) is 0 Å². The first-order valence-electron chi connectivity index (χ1n) is 4.88. The van der Waals surface area contributed by atoms with E-state index in [1.54, 1.807) is 0 Å². The van der Waals surface area contributed by atoms with Crippen LogP contribution in [0, 0.1) is 0 Å². The number of benzene rings is 1. The molecule has 7 heteroatoms. The van der Waals surface area contributed by atoms with E-state index in [-0.39, 0.29) is 17.4 Å². The van der Waals surface area contributed by atoms with Crippen LogP contribution in [0.2, 0.25) is 0 Å². The smallest absolute Gasteiger partial charge is 0.416 e. The van der Waals surface area contributed by atoms with E-state index < -0.39 is 11.7 Å². The van der Waals surface area contributed by atoms with E-state index in [1.165, 1.54) is 24.5 Å².